The molecule has 0 saturated heterocycles. The Labute approximate surface area is 80.2 Å². The molecule has 0 N–H and O–H groups in total. The van der Waals surface area contributed by atoms with E-state index in [1.807, 2.05) is 24.3 Å². The van der Waals surface area contributed by atoms with Gasteiger partial charge in [-0.1, -0.05) is 29.8 Å². The summed E-state index contributed by atoms with van der Waals surface area (Å²) in [4.78, 5) is 0. The first-order valence-electron chi connectivity index (χ1n) is 2.70. The Morgan fingerprint density at radius 3 is 1.90 bits per heavy atom. The Hall–Kier alpha value is 0.683. The first-order chi connectivity index (χ1) is 4.81. The van der Waals surface area contributed by atoms with E-state index in [2.05, 4.69) is 13.0 Å². The number of rotatable bonds is 0. The average Bonchev–Trinajstić information content (AvgIpc) is 1.91. The molecule has 1 radical (unpaired) electrons. The molecule has 1 rings (SSSR count). The van der Waals surface area contributed by atoms with Crippen LogP contribution in [0, 0.1) is 13.0 Å². The quantitative estimate of drug-likeness (QED) is 0.615. The first-order valence-corrected chi connectivity index (χ1v) is 12.3. The Bertz CT molecular complexity index is 153. The van der Waals surface area contributed by atoms with Crippen LogP contribution in [0.5, 0.6) is 0 Å². The van der Waals surface area contributed by atoms with Crippen molar-refractivity contribution in [2.24, 2.45) is 0 Å². The van der Waals surface area contributed by atoms with E-state index < -0.39 is 20.8 Å². The van der Waals surface area contributed by atoms with Crippen LogP contribution in [-0.4, -0.2) is 20.8 Å². The van der Waals surface area contributed by atoms with E-state index in [0.717, 1.165) is 0 Å². The van der Waals surface area contributed by atoms with Gasteiger partial charge in [0.05, 0.1) is 0 Å². The van der Waals surface area contributed by atoms with Crippen LogP contribution < -0.4 is 0 Å². The van der Waals surface area contributed by atoms with Gasteiger partial charge >= 0.3 is 37.9 Å². The van der Waals surface area contributed by atoms with Crippen molar-refractivity contribution in [3.8, 4) is 0 Å². The molecule has 0 amide bonds. The van der Waals surface area contributed by atoms with Gasteiger partial charge in [-0.25, -0.2) is 0 Å². The van der Waals surface area contributed by atoms with E-state index in [1.54, 1.807) is 0 Å². The van der Waals surface area contributed by atoms with Crippen LogP contribution in [0.4, 0.5) is 0 Å². The molecular formula is C7H8BiCl2. The molecule has 10 heavy (non-hydrogen) atoms. The molecule has 0 heterocycles. The first kappa shape index (κ1) is 10.7. The van der Waals surface area contributed by atoms with Gasteiger partial charge in [0, 0.05) is 0 Å². The van der Waals surface area contributed by atoms with Gasteiger partial charge in [-0.05, 0) is 13.0 Å². The Balaban J connectivity index is 0.000000236. The molecule has 0 fully saturated rings. The van der Waals surface area contributed by atoms with Crippen molar-refractivity contribution in [3.63, 3.8) is 0 Å². The number of benzene rings is 1. The van der Waals surface area contributed by atoms with E-state index >= 15 is 0 Å². The van der Waals surface area contributed by atoms with Crippen molar-refractivity contribution in [3.05, 3.63) is 35.9 Å². The zero-order valence-electron chi connectivity index (χ0n) is 5.57. The van der Waals surface area contributed by atoms with Crippen molar-refractivity contribution >= 4 is 37.9 Å². The molecule has 3 heteroatoms. The topological polar surface area (TPSA) is 0 Å². The molecule has 0 saturated carbocycles. The summed E-state index contributed by atoms with van der Waals surface area (Å²) in [5, 5.41) is 0. The van der Waals surface area contributed by atoms with Crippen molar-refractivity contribution in [2.75, 3.05) is 0 Å². The fraction of sp³-hybridized carbons (Fsp3) is 0.143. The van der Waals surface area contributed by atoms with E-state index in [1.165, 1.54) is 5.56 Å². The molecule has 0 bridgehead atoms. The number of aryl methyl sites for hydroxylation is 1. The van der Waals surface area contributed by atoms with Gasteiger partial charge in [0.25, 0.3) is 0 Å². The average molecular weight is 372 g/mol. The molecule has 0 nitrogen and oxygen atoms in total. The second-order valence-corrected chi connectivity index (χ2v) is 7.22. The van der Waals surface area contributed by atoms with E-state index in [-0.39, 0.29) is 0 Å². The molecule has 0 spiro atoms. The maximum absolute atomic E-state index is 4.96. The van der Waals surface area contributed by atoms with Crippen LogP contribution in [0.2, 0.25) is 0 Å². The molecule has 1 aromatic rings. The number of halogens is 2. The zero-order valence-corrected chi connectivity index (χ0v) is 11.0. The molecular weight excluding hydrogens is 364 g/mol. The predicted molar refractivity (Wildman–Crippen MR) is 48.9 cm³/mol. The molecule has 0 aromatic heterocycles. The molecule has 0 aliphatic carbocycles. The fourth-order valence-corrected chi connectivity index (χ4v) is 0.470. The Kier molecular flexibility index (Phi) is 8.32. The van der Waals surface area contributed by atoms with Crippen molar-refractivity contribution < 1.29 is 0 Å². The monoisotopic (exact) mass is 371 g/mol. The molecule has 1 aromatic carbocycles. The standard InChI is InChI=1S/C7H7.Bi.2ClH.H/c1-7-5-3-2-4-6-7;;;;/h3-6H,1H3;;2*1H;/q;+2;;;/p-2. The summed E-state index contributed by atoms with van der Waals surface area (Å²) in [6, 6.07) is 10.8. The van der Waals surface area contributed by atoms with Crippen LogP contribution in [0.25, 0.3) is 0 Å². The third-order valence-corrected chi connectivity index (χ3v) is 0.885. The van der Waals surface area contributed by atoms with Gasteiger partial charge in [-0.3, -0.25) is 0 Å². The zero-order chi connectivity index (χ0) is 7.82. The molecule has 0 aliphatic heterocycles. The molecule has 0 atom stereocenters. The number of hydrogen-bond acceptors (Lipinski definition) is 0. The molecule has 0 aliphatic rings. The summed E-state index contributed by atoms with van der Waals surface area (Å²) >= 11 is -0.972. The normalized spacial score (nSPS) is 7.90. The van der Waals surface area contributed by atoms with Crippen molar-refractivity contribution in [2.45, 2.75) is 6.92 Å². The molecule has 55 valence electrons. The van der Waals surface area contributed by atoms with E-state index in [4.69, 9.17) is 17.0 Å². The van der Waals surface area contributed by atoms with Crippen LogP contribution in [0.3, 0.4) is 0 Å². The summed E-state index contributed by atoms with van der Waals surface area (Å²) in [6.07, 6.45) is 0. The molecule has 0 unspecified atom stereocenters. The Morgan fingerprint density at radius 2 is 1.70 bits per heavy atom. The summed E-state index contributed by atoms with van der Waals surface area (Å²) in [7, 11) is 9.92. The second-order valence-electron chi connectivity index (χ2n) is 1.65. The van der Waals surface area contributed by atoms with Crippen LogP contribution in [-0.2, 0) is 0 Å². The fourth-order valence-electron chi connectivity index (χ4n) is 0.470. The predicted octanol–water partition coefficient (Wildman–Crippen LogP) is 2.53. The van der Waals surface area contributed by atoms with Gasteiger partial charge in [-0.2, -0.15) is 0 Å². The van der Waals surface area contributed by atoms with Gasteiger partial charge < -0.3 is 0 Å². The van der Waals surface area contributed by atoms with Gasteiger partial charge in [0.15, 0.2) is 0 Å². The summed E-state index contributed by atoms with van der Waals surface area (Å²) in [6.45, 7) is 2.06. The second kappa shape index (κ2) is 7.79. The minimum absolute atomic E-state index is 0.972. The summed E-state index contributed by atoms with van der Waals surface area (Å²) in [5.41, 5.74) is 1.29. The summed E-state index contributed by atoms with van der Waals surface area (Å²) in [5.74, 6) is 0. The number of hydrogen-bond donors (Lipinski definition) is 0. The van der Waals surface area contributed by atoms with Gasteiger partial charge in [-0.15, -0.1) is 0 Å². The third-order valence-electron chi connectivity index (χ3n) is 0.885. The SMILES string of the molecule is Cc1cc[c]cc1.[Cl][BiH][Cl]. The van der Waals surface area contributed by atoms with E-state index in [9.17, 15) is 0 Å². The maximum atomic E-state index is 4.96. The minimum atomic E-state index is -0.972. The van der Waals surface area contributed by atoms with Crippen LogP contribution in [0.1, 0.15) is 5.56 Å². The van der Waals surface area contributed by atoms with E-state index in [0.29, 0.717) is 0 Å². The van der Waals surface area contributed by atoms with Crippen LogP contribution >= 0.6 is 17.0 Å². The Morgan fingerprint density at radius 1 is 1.30 bits per heavy atom. The summed E-state index contributed by atoms with van der Waals surface area (Å²) < 4.78 is 0. The van der Waals surface area contributed by atoms with Gasteiger partial charge in [0.1, 0.15) is 0 Å². The van der Waals surface area contributed by atoms with Gasteiger partial charge in [0.2, 0.25) is 0 Å². The van der Waals surface area contributed by atoms with Crippen LogP contribution in [0.15, 0.2) is 24.3 Å². The van der Waals surface area contributed by atoms with Crippen molar-refractivity contribution in [1.82, 2.24) is 0 Å². The third kappa shape index (κ3) is 6.80. The van der Waals surface area contributed by atoms with Crippen molar-refractivity contribution in [1.29, 1.82) is 0 Å².